The van der Waals surface area contributed by atoms with Crippen molar-refractivity contribution in [1.82, 2.24) is 4.90 Å². The Kier molecular flexibility index (Phi) is 4.40. The maximum atomic E-state index is 12.7. The highest BCUT2D eigenvalue weighted by atomic mass is 16.6. The number of carbonyl (C=O) groups excluding carboxylic acids is 2. The van der Waals surface area contributed by atoms with Crippen LogP contribution >= 0.6 is 0 Å². The monoisotopic (exact) mass is 329 g/mol. The Morgan fingerprint density at radius 2 is 2.04 bits per heavy atom. The van der Waals surface area contributed by atoms with E-state index in [-0.39, 0.29) is 6.61 Å². The van der Waals surface area contributed by atoms with Gasteiger partial charge in [-0.05, 0) is 25.5 Å². The van der Waals surface area contributed by atoms with Gasteiger partial charge in [-0.3, -0.25) is 4.90 Å². The molecule has 2 aromatic rings. The van der Waals surface area contributed by atoms with E-state index in [9.17, 15) is 9.59 Å². The van der Waals surface area contributed by atoms with Crippen LogP contribution in [0.25, 0.3) is 0 Å². The average Bonchev–Trinajstić information content (AvgIpc) is 3.18. The molecule has 1 fully saturated rings. The van der Waals surface area contributed by atoms with Crippen molar-refractivity contribution < 1.29 is 23.5 Å². The van der Waals surface area contributed by atoms with Crippen LogP contribution in [-0.2, 0) is 20.9 Å². The first-order valence-electron chi connectivity index (χ1n) is 7.68. The van der Waals surface area contributed by atoms with Gasteiger partial charge in [0.15, 0.2) is 6.29 Å². The molecule has 0 radical (unpaired) electrons. The Balaban J connectivity index is 1.82. The van der Waals surface area contributed by atoms with Gasteiger partial charge in [0.1, 0.15) is 18.4 Å². The van der Waals surface area contributed by atoms with Crippen molar-refractivity contribution >= 4 is 12.4 Å². The number of aldehydes is 1. The second-order valence-corrected chi connectivity index (χ2v) is 6.08. The van der Waals surface area contributed by atoms with Gasteiger partial charge in [-0.1, -0.05) is 30.3 Å². The normalized spacial score (nSPS) is 22.3. The van der Waals surface area contributed by atoms with Crippen LogP contribution < -0.4 is 0 Å². The summed E-state index contributed by atoms with van der Waals surface area (Å²) in [7, 11) is 0. The predicted octanol–water partition coefficient (Wildman–Crippen LogP) is 3.29. The Hall–Kier alpha value is -2.60. The first-order chi connectivity index (χ1) is 11.5. The fourth-order valence-electron chi connectivity index (χ4n) is 2.94. The molecule has 6 nitrogen and oxygen atoms in total. The van der Waals surface area contributed by atoms with E-state index in [1.165, 1.54) is 17.4 Å². The standard InChI is InChI=1S/C18H19NO5/c1-18(2)19(17(21)23-11-13-6-4-3-5-7-13)16(15(10-20)24-18)14-8-9-22-12-14/h3-10,12,15-16H,11H2,1-2H3/t15?,16-/m0/s1. The van der Waals surface area contributed by atoms with Crippen molar-refractivity contribution in [3.8, 4) is 0 Å². The van der Waals surface area contributed by atoms with Crippen LogP contribution in [0.2, 0.25) is 0 Å². The van der Waals surface area contributed by atoms with Crippen LogP contribution in [0.3, 0.4) is 0 Å². The zero-order valence-electron chi connectivity index (χ0n) is 13.5. The largest absolute Gasteiger partial charge is 0.472 e. The summed E-state index contributed by atoms with van der Waals surface area (Å²) in [6, 6.07) is 10.5. The summed E-state index contributed by atoms with van der Waals surface area (Å²) < 4.78 is 16.3. The molecule has 0 aliphatic carbocycles. The second-order valence-electron chi connectivity index (χ2n) is 6.08. The molecule has 1 unspecified atom stereocenters. The van der Waals surface area contributed by atoms with Crippen LogP contribution in [0.5, 0.6) is 0 Å². The molecule has 1 aliphatic rings. The van der Waals surface area contributed by atoms with Crippen molar-refractivity contribution in [2.75, 3.05) is 0 Å². The highest BCUT2D eigenvalue weighted by Crippen LogP contribution is 2.41. The number of benzene rings is 1. The lowest BCUT2D eigenvalue weighted by Crippen LogP contribution is -2.45. The molecule has 1 saturated heterocycles. The summed E-state index contributed by atoms with van der Waals surface area (Å²) >= 11 is 0. The van der Waals surface area contributed by atoms with Gasteiger partial charge in [-0.15, -0.1) is 0 Å². The van der Waals surface area contributed by atoms with E-state index in [1.807, 2.05) is 30.3 Å². The lowest BCUT2D eigenvalue weighted by atomic mass is 10.0. The Morgan fingerprint density at radius 3 is 2.67 bits per heavy atom. The van der Waals surface area contributed by atoms with Gasteiger partial charge in [-0.2, -0.15) is 0 Å². The fourth-order valence-corrected chi connectivity index (χ4v) is 2.94. The van der Waals surface area contributed by atoms with E-state index < -0.39 is 24.0 Å². The third kappa shape index (κ3) is 3.05. The van der Waals surface area contributed by atoms with Crippen LogP contribution in [0.15, 0.2) is 53.3 Å². The number of amides is 1. The topological polar surface area (TPSA) is 69.0 Å². The maximum absolute atomic E-state index is 12.7. The summed E-state index contributed by atoms with van der Waals surface area (Å²) in [5, 5.41) is 0. The number of carbonyl (C=O) groups is 2. The number of rotatable bonds is 4. The highest BCUT2D eigenvalue weighted by molar-refractivity contribution is 5.72. The van der Waals surface area contributed by atoms with Crippen molar-refractivity contribution in [2.45, 2.75) is 38.3 Å². The van der Waals surface area contributed by atoms with E-state index >= 15 is 0 Å². The molecule has 1 aromatic heterocycles. The lowest BCUT2D eigenvalue weighted by Gasteiger charge is -2.32. The van der Waals surface area contributed by atoms with E-state index in [0.717, 1.165) is 5.56 Å². The number of hydrogen-bond donors (Lipinski definition) is 0. The summed E-state index contributed by atoms with van der Waals surface area (Å²) in [4.78, 5) is 25.5. The van der Waals surface area contributed by atoms with Crippen molar-refractivity contribution in [2.24, 2.45) is 0 Å². The molecule has 0 saturated carbocycles. The molecule has 3 rings (SSSR count). The SMILES string of the molecule is CC1(C)OC(C=O)[C@H](c2ccoc2)N1C(=O)OCc1ccccc1. The lowest BCUT2D eigenvalue weighted by molar-refractivity contribution is -0.123. The van der Waals surface area contributed by atoms with Gasteiger partial charge in [0.25, 0.3) is 0 Å². The smallest absolute Gasteiger partial charge is 0.413 e. The first kappa shape index (κ1) is 16.3. The zero-order chi connectivity index (χ0) is 17.2. The molecule has 6 heteroatoms. The Labute approximate surface area is 140 Å². The van der Waals surface area contributed by atoms with Gasteiger partial charge in [0.2, 0.25) is 0 Å². The molecule has 0 bridgehead atoms. The molecular formula is C18H19NO5. The molecule has 0 N–H and O–H groups in total. The van der Waals surface area contributed by atoms with Crippen molar-refractivity contribution in [3.63, 3.8) is 0 Å². The minimum Gasteiger partial charge on any atom is -0.472 e. The van der Waals surface area contributed by atoms with Crippen LogP contribution in [-0.4, -0.2) is 29.1 Å². The third-order valence-electron chi connectivity index (χ3n) is 4.01. The van der Waals surface area contributed by atoms with Crippen LogP contribution in [0.4, 0.5) is 4.79 Å². The summed E-state index contributed by atoms with van der Waals surface area (Å²) in [6.45, 7) is 3.61. The minimum atomic E-state index is -0.971. The van der Waals surface area contributed by atoms with Gasteiger partial charge in [-0.25, -0.2) is 4.79 Å². The maximum Gasteiger partial charge on any atom is 0.413 e. The number of hydrogen-bond acceptors (Lipinski definition) is 5. The van der Waals surface area contributed by atoms with E-state index in [2.05, 4.69) is 0 Å². The third-order valence-corrected chi connectivity index (χ3v) is 4.01. The molecular weight excluding hydrogens is 310 g/mol. The van der Waals surface area contributed by atoms with Gasteiger partial charge >= 0.3 is 6.09 Å². The summed E-state index contributed by atoms with van der Waals surface area (Å²) in [6.07, 6.45) is 2.38. The Bertz CT molecular complexity index is 695. The van der Waals surface area contributed by atoms with Gasteiger partial charge in [0, 0.05) is 5.56 Å². The Morgan fingerprint density at radius 1 is 1.29 bits per heavy atom. The minimum absolute atomic E-state index is 0.149. The number of ether oxygens (including phenoxy) is 2. The molecule has 0 spiro atoms. The quantitative estimate of drug-likeness (QED) is 0.805. The van der Waals surface area contributed by atoms with E-state index in [0.29, 0.717) is 11.8 Å². The molecule has 1 aromatic carbocycles. The highest BCUT2D eigenvalue weighted by Gasteiger charge is 2.51. The van der Waals surface area contributed by atoms with Crippen molar-refractivity contribution in [3.05, 3.63) is 60.1 Å². The summed E-state index contributed by atoms with van der Waals surface area (Å²) in [5.41, 5.74) is 0.603. The second kappa shape index (κ2) is 6.49. The summed E-state index contributed by atoms with van der Waals surface area (Å²) in [5.74, 6) is 0. The molecule has 1 aliphatic heterocycles. The van der Waals surface area contributed by atoms with Gasteiger partial charge < -0.3 is 18.7 Å². The van der Waals surface area contributed by atoms with Crippen molar-refractivity contribution in [1.29, 1.82) is 0 Å². The van der Waals surface area contributed by atoms with Crippen LogP contribution in [0, 0.1) is 0 Å². The van der Waals surface area contributed by atoms with E-state index in [4.69, 9.17) is 13.9 Å². The molecule has 2 atom stereocenters. The molecule has 126 valence electrons. The first-order valence-corrected chi connectivity index (χ1v) is 7.68. The van der Waals surface area contributed by atoms with Crippen LogP contribution in [0.1, 0.15) is 31.0 Å². The zero-order valence-corrected chi connectivity index (χ0v) is 13.5. The number of nitrogens with zero attached hydrogens (tertiary/aromatic N) is 1. The van der Waals surface area contributed by atoms with E-state index in [1.54, 1.807) is 19.9 Å². The fraction of sp³-hybridized carbons (Fsp3) is 0.333. The number of furan rings is 1. The molecule has 1 amide bonds. The average molecular weight is 329 g/mol. The molecule has 24 heavy (non-hydrogen) atoms. The van der Waals surface area contributed by atoms with Gasteiger partial charge in [0.05, 0.1) is 18.6 Å². The predicted molar refractivity (Wildman–Crippen MR) is 84.9 cm³/mol. The molecule has 2 heterocycles.